The fraction of sp³-hybridized carbons (Fsp3) is 0.273. The van der Waals surface area contributed by atoms with Gasteiger partial charge in [-0.1, -0.05) is 0 Å². The van der Waals surface area contributed by atoms with Crippen LogP contribution in [0.25, 0.3) is 0 Å². The molecule has 0 aromatic heterocycles. The van der Waals surface area contributed by atoms with Crippen LogP contribution in [0, 0.1) is 10.1 Å². The lowest BCUT2D eigenvalue weighted by atomic mass is 9.96. The number of aliphatic carboxylic acids is 1. The van der Waals surface area contributed by atoms with Crippen molar-refractivity contribution in [2.24, 2.45) is 4.99 Å². The molecular weight excluding hydrogens is 240 g/mol. The highest BCUT2D eigenvalue weighted by atomic mass is 16.6. The predicted octanol–water partition coefficient (Wildman–Crippen LogP) is 1.03. The summed E-state index contributed by atoms with van der Waals surface area (Å²) in [6.07, 6.45) is 0.542. The molecular formula is C11H10N2O5. The van der Waals surface area contributed by atoms with Crippen molar-refractivity contribution < 1.29 is 19.6 Å². The lowest BCUT2D eigenvalue weighted by molar-refractivity contribution is -0.385. The number of rotatable bonds is 3. The van der Waals surface area contributed by atoms with Crippen LogP contribution in [0.1, 0.15) is 11.1 Å². The van der Waals surface area contributed by atoms with Gasteiger partial charge in [0.2, 0.25) is 0 Å². The molecule has 1 heterocycles. The first kappa shape index (κ1) is 12.0. The first-order chi connectivity index (χ1) is 8.54. The van der Waals surface area contributed by atoms with Gasteiger partial charge in [0.05, 0.1) is 12.0 Å². The highest BCUT2D eigenvalue weighted by Gasteiger charge is 2.26. The molecule has 1 aromatic rings. The van der Waals surface area contributed by atoms with Crippen molar-refractivity contribution in [2.45, 2.75) is 6.42 Å². The van der Waals surface area contributed by atoms with E-state index in [9.17, 15) is 14.9 Å². The quantitative estimate of drug-likeness (QED) is 0.637. The smallest absolute Gasteiger partial charge is 0.354 e. The standard InChI is InChI=1S/C11H10N2O5/c1-18-9-4-6-2-3-12-10(11(14)15)7(6)5-8(9)13(16)17/h4-5H,2-3H2,1H3,(H,14,15). The monoisotopic (exact) mass is 250 g/mol. The highest BCUT2D eigenvalue weighted by Crippen LogP contribution is 2.32. The number of hydrogen-bond donors (Lipinski definition) is 1. The third-order valence-electron chi connectivity index (χ3n) is 2.71. The molecule has 0 bridgehead atoms. The van der Waals surface area contributed by atoms with Crippen LogP contribution in [0.3, 0.4) is 0 Å². The second-order valence-electron chi connectivity index (χ2n) is 3.72. The van der Waals surface area contributed by atoms with Crippen LogP contribution < -0.4 is 4.74 Å². The molecule has 0 spiro atoms. The van der Waals surface area contributed by atoms with E-state index in [0.29, 0.717) is 24.1 Å². The van der Waals surface area contributed by atoms with Crippen LogP contribution in [0.4, 0.5) is 5.69 Å². The number of methoxy groups -OCH3 is 1. The minimum absolute atomic E-state index is 0.130. The Kier molecular flexibility index (Phi) is 2.97. The van der Waals surface area contributed by atoms with E-state index in [2.05, 4.69) is 4.99 Å². The third kappa shape index (κ3) is 1.90. The molecule has 94 valence electrons. The Bertz CT molecular complexity index is 565. The summed E-state index contributed by atoms with van der Waals surface area (Å²) in [4.78, 5) is 25.2. The number of fused-ring (bicyclic) bond motifs is 1. The number of nitro groups is 1. The number of hydrogen-bond acceptors (Lipinski definition) is 5. The van der Waals surface area contributed by atoms with Crippen molar-refractivity contribution in [3.8, 4) is 5.75 Å². The molecule has 2 rings (SSSR count). The summed E-state index contributed by atoms with van der Waals surface area (Å²) in [5.74, 6) is -1.05. The topological polar surface area (TPSA) is 102 Å². The molecule has 0 radical (unpaired) electrons. The molecule has 0 unspecified atom stereocenters. The van der Waals surface area contributed by atoms with Gasteiger partial charge in [0.15, 0.2) is 11.5 Å². The fourth-order valence-corrected chi connectivity index (χ4v) is 1.90. The minimum Gasteiger partial charge on any atom is -0.490 e. The molecule has 0 aliphatic carbocycles. The summed E-state index contributed by atoms with van der Waals surface area (Å²) < 4.78 is 4.94. The maximum Gasteiger partial charge on any atom is 0.354 e. The van der Waals surface area contributed by atoms with Crippen molar-refractivity contribution in [3.05, 3.63) is 33.4 Å². The number of carbonyl (C=O) groups is 1. The molecule has 0 atom stereocenters. The van der Waals surface area contributed by atoms with Crippen molar-refractivity contribution in [1.29, 1.82) is 0 Å². The van der Waals surface area contributed by atoms with Gasteiger partial charge in [0, 0.05) is 18.2 Å². The van der Waals surface area contributed by atoms with Crippen LogP contribution in [0.5, 0.6) is 5.75 Å². The zero-order valence-electron chi connectivity index (χ0n) is 9.54. The largest absolute Gasteiger partial charge is 0.490 e. The van der Waals surface area contributed by atoms with Crippen LogP contribution in [0.2, 0.25) is 0 Å². The lowest BCUT2D eigenvalue weighted by Gasteiger charge is -2.15. The van der Waals surface area contributed by atoms with Gasteiger partial charge < -0.3 is 9.84 Å². The van der Waals surface area contributed by atoms with Crippen LogP contribution in [-0.2, 0) is 11.2 Å². The van der Waals surface area contributed by atoms with E-state index in [4.69, 9.17) is 9.84 Å². The molecule has 0 fully saturated rings. The number of benzene rings is 1. The van der Waals surface area contributed by atoms with E-state index in [1.807, 2.05) is 0 Å². The van der Waals surface area contributed by atoms with Crippen LogP contribution >= 0.6 is 0 Å². The highest BCUT2D eigenvalue weighted by molar-refractivity contribution is 6.43. The predicted molar refractivity (Wildman–Crippen MR) is 62.4 cm³/mol. The molecule has 7 nitrogen and oxygen atoms in total. The number of nitrogens with zero attached hydrogens (tertiary/aromatic N) is 2. The first-order valence-corrected chi connectivity index (χ1v) is 5.18. The Morgan fingerprint density at radius 3 is 2.83 bits per heavy atom. The molecule has 1 aromatic carbocycles. The molecule has 0 saturated carbocycles. The summed E-state index contributed by atoms with van der Waals surface area (Å²) in [7, 11) is 1.34. The zero-order chi connectivity index (χ0) is 13.3. The summed E-state index contributed by atoms with van der Waals surface area (Å²) in [6, 6.07) is 2.71. The average molecular weight is 250 g/mol. The van der Waals surface area contributed by atoms with E-state index in [1.54, 1.807) is 0 Å². The van der Waals surface area contributed by atoms with E-state index < -0.39 is 10.9 Å². The maximum atomic E-state index is 11.0. The summed E-state index contributed by atoms with van der Waals surface area (Å²) >= 11 is 0. The fourth-order valence-electron chi connectivity index (χ4n) is 1.90. The summed E-state index contributed by atoms with van der Waals surface area (Å²) in [6.45, 7) is 0.357. The van der Waals surface area contributed by atoms with Crippen molar-refractivity contribution in [3.63, 3.8) is 0 Å². The lowest BCUT2D eigenvalue weighted by Crippen LogP contribution is -2.21. The van der Waals surface area contributed by atoms with Gasteiger partial charge in [-0.15, -0.1) is 0 Å². The Morgan fingerprint density at radius 2 is 2.28 bits per heavy atom. The second-order valence-corrected chi connectivity index (χ2v) is 3.72. The van der Waals surface area contributed by atoms with Gasteiger partial charge in [-0.2, -0.15) is 0 Å². The van der Waals surface area contributed by atoms with Gasteiger partial charge >= 0.3 is 11.7 Å². The molecule has 1 aliphatic heterocycles. The normalized spacial score (nSPS) is 13.5. The van der Waals surface area contributed by atoms with E-state index in [1.165, 1.54) is 19.2 Å². The molecule has 1 N–H and O–H groups in total. The van der Waals surface area contributed by atoms with E-state index in [-0.39, 0.29) is 17.1 Å². The molecule has 1 aliphatic rings. The van der Waals surface area contributed by atoms with Crippen molar-refractivity contribution >= 4 is 17.4 Å². The Morgan fingerprint density at radius 1 is 1.56 bits per heavy atom. The van der Waals surface area contributed by atoms with Gasteiger partial charge in [-0.05, 0) is 18.1 Å². The van der Waals surface area contributed by atoms with Gasteiger partial charge in [0.1, 0.15) is 0 Å². The Labute approximate surface area is 102 Å². The van der Waals surface area contributed by atoms with E-state index >= 15 is 0 Å². The number of nitro benzene ring substituents is 1. The maximum absolute atomic E-state index is 11.0. The Hall–Kier alpha value is -2.44. The van der Waals surface area contributed by atoms with E-state index in [0.717, 1.165) is 0 Å². The molecule has 0 saturated heterocycles. The van der Waals surface area contributed by atoms with Gasteiger partial charge in [-0.3, -0.25) is 15.1 Å². The third-order valence-corrected chi connectivity index (χ3v) is 2.71. The van der Waals surface area contributed by atoms with Gasteiger partial charge in [-0.25, -0.2) is 4.79 Å². The SMILES string of the molecule is COc1cc2c(cc1[N+](=O)[O-])C(C(=O)O)=NCC2. The van der Waals surface area contributed by atoms with Gasteiger partial charge in [0.25, 0.3) is 0 Å². The first-order valence-electron chi connectivity index (χ1n) is 5.18. The van der Waals surface area contributed by atoms with Crippen LogP contribution in [0.15, 0.2) is 17.1 Å². The number of carboxylic acids is 1. The number of carboxylic acid groups (broad SMARTS) is 1. The molecule has 18 heavy (non-hydrogen) atoms. The zero-order valence-corrected chi connectivity index (χ0v) is 9.54. The summed E-state index contributed by atoms with van der Waals surface area (Å²) in [5.41, 5.74) is 0.597. The number of aliphatic imine (C=N–C) groups is 1. The van der Waals surface area contributed by atoms with Crippen molar-refractivity contribution in [2.75, 3.05) is 13.7 Å². The summed E-state index contributed by atoms with van der Waals surface area (Å²) in [5, 5.41) is 19.9. The number of ether oxygens (including phenoxy) is 1. The molecule has 7 heteroatoms. The minimum atomic E-state index is -1.18. The second kappa shape index (κ2) is 4.44. The van der Waals surface area contributed by atoms with Crippen molar-refractivity contribution in [1.82, 2.24) is 0 Å². The average Bonchev–Trinajstić information content (AvgIpc) is 2.35. The Balaban J connectivity index is 2.64. The molecule has 0 amide bonds. The van der Waals surface area contributed by atoms with Crippen LogP contribution in [-0.4, -0.2) is 35.4 Å².